The Morgan fingerprint density at radius 3 is 2.68 bits per heavy atom. The van der Waals surface area contributed by atoms with E-state index in [1.165, 1.54) is 4.31 Å². The van der Waals surface area contributed by atoms with Gasteiger partial charge in [0.1, 0.15) is 4.21 Å². The highest BCUT2D eigenvalue weighted by molar-refractivity contribution is 7.91. The average molecular weight is 346 g/mol. The van der Waals surface area contributed by atoms with Crippen molar-refractivity contribution in [3.05, 3.63) is 17.0 Å². The highest BCUT2D eigenvalue weighted by Crippen LogP contribution is 2.25. The number of nitrogens with one attached hydrogen (secondary N) is 1. The molecular formula is C14H22N2O4S2. The predicted octanol–water partition coefficient (Wildman–Crippen LogP) is 1.08. The van der Waals surface area contributed by atoms with E-state index in [-0.39, 0.29) is 12.3 Å². The fourth-order valence-corrected chi connectivity index (χ4v) is 4.96. The van der Waals surface area contributed by atoms with Crippen LogP contribution in [0.4, 0.5) is 0 Å². The number of ether oxygens (including phenoxy) is 1. The highest BCUT2D eigenvalue weighted by atomic mass is 32.2. The van der Waals surface area contributed by atoms with Crippen molar-refractivity contribution in [2.24, 2.45) is 5.92 Å². The molecule has 22 heavy (non-hydrogen) atoms. The summed E-state index contributed by atoms with van der Waals surface area (Å²) >= 11 is 1.16. The molecule has 1 aromatic heterocycles. The molecule has 124 valence electrons. The van der Waals surface area contributed by atoms with Gasteiger partial charge in [-0.25, -0.2) is 8.42 Å². The van der Waals surface area contributed by atoms with Crippen LogP contribution in [-0.4, -0.2) is 51.5 Å². The zero-order valence-corrected chi connectivity index (χ0v) is 14.5. The molecule has 0 radical (unpaired) electrons. The van der Waals surface area contributed by atoms with Crippen LogP contribution in [0.3, 0.4) is 0 Å². The van der Waals surface area contributed by atoms with Crippen LogP contribution < -0.4 is 5.32 Å². The maximum absolute atomic E-state index is 12.5. The number of amides is 1. The van der Waals surface area contributed by atoms with Gasteiger partial charge in [0, 0.05) is 24.5 Å². The lowest BCUT2D eigenvalue weighted by Gasteiger charge is -2.25. The maximum Gasteiger partial charge on any atom is 0.252 e. The predicted molar refractivity (Wildman–Crippen MR) is 85.4 cm³/mol. The van der Waals surface area contributed by atoms with Crippen LogP contribution in [0.5, 0.6) is 0 Å². The van der Waals surface area contributed by atoms with Gasteiger partial charge in [0.2, 0.25) is 5.91 Å². The van der Waals surface area contributed by atoms with E-state index in [1.807, 2.05) is 13.8 Å². The van der Waals surface area contributed by atoms with Gasteiger partial charge in [-0.1, -0.05) is 13.8 Å². The van der Waals surface area contributed by atoms with Crippen molar-refractivity contribution < 1.29 is 17.9 Å². The molecule has 1 aliphatic rings. The lowest BCUT2D eigenvalue weighted by atomic mass is 10.2. The summed E-state index contributed by atoms with van der Waals surface area (Å²) in [5.41, 5.74) is 0. The van der Waals surface area contributed by atoms with E-state index in [9.17, 15) is 13.2 Å². The maximum atomic E-state index is 12.5. The zero-order valence-electron chi connectivity index (χ0n) is 12.9. The minimum atomic E-state index is -3.46. The quantitative estimate of drug-likeness (QED) is 0.836. The molecule has 2 rings (SSSR count). The molecular weight excluding hydrogens is 324 g/mol. The van der Waals surface area contributed by atoms with Gasteiger partial charge in [-0.05, 0) is 18.1 Å². The van der Waals surface area contributed by atoms with Crippen LogP contribution in [0.2, 0.25) is 0 Å². The molecule has 1 aromatic rings. The third-order valence-electron chi connectivity index (χ3n) is 3.24. The Bertz CT molecular complexity index is 604. The highest BCUT2D eigenvalue weighted by Gasteiger charge is 2.27. The smallest absolute Gasteiger partial charge is 0.252 e. The Kier molecular flexibility index (Phi) is 5.96. The number of carbonyl (C=O) groups is 1. The van der Waals surface area contributed by atoms with Crippen molar-refractivity contribution in [3.8, 4) is 0 Å². The van der Waals surface area contributed by atoms with Crippen molar-refractivity contribution in [2.45, 2.75) is 24.5 Å². The second-order valence-corrected chi connectivity index (χ2v) is 8.95. The molecule has 1 saturated heterocycles. The van der Waals surface area contributed by atoms with Gasteiger partial charge in [-0.3, -0.25) is 4.79 Å². The Hall–Kier alpha value is -0.960. The lowest BCUT2D eigenvalue weighted by Crippen LogP contribution is -2.40. The van der Waals surface area contributed by atoms with Gasteiger partial charge < -0.3 is 10.1 Å². The van der Waals surface area contributed by atoms with E-state index < -0.39 is 10.0 Å². The summed E-state index contributed by atoms with van der Waals surface area (Å²) in [6, 6.07) is 3.30. The first-order valence-electron chi connectivity index (χ1n) is 7.33. The van der Waals surface area contributed by atoms with E-state index in [0.717, 1.165) is 16.2 Å². The van der Waals surface area contributed by atoms with Gasteiger partial charge in [0.05, 0.1) is 19.6 Å². The molecule has 8 heteroatoms. The monoisotopic (exact) mass is 346 g/mol. The van der Waals surface area contributed by atoms with E-state index in [4.69, 9.17) is 4.74 Å². The summed E-state index contributed by atoms with van der Waals surface area (Å²) in [5, 5.41) is 2.83. The largest absolute Gasteiger partial charge is 0.379 e. The fourth-order valence-electron chi connectivity index (χ4n) is 2.04. The van der Waals surface area contributed by atoms with E-state index in [1.54, 1.807) is 12.1 Å². The molecule has 1 N–H and O–H groups in total. The number of hydrogen-bond acceptors (Lipinski definition) is 5. The molecule has 1 aliphatic heterocycles. The second-order valence-electron chi connectivity index (χ2n) is 5.61. The number of rotatable bonds is 6. The third kappa shape index (κ3) is 4.52. The number of morpholine rings is 1. The SMILES string of the molecule is CC(C)CNC(=O)Cc1ccc(S(=O)(=O)N2CCOCC2)s1. The summed E-state index contributed by atoms with van der Waals surface area (Å²) in [5.74, 6) is 0.315. The molecule has 1 fully saturated rings. The van der Waals surface area contributed by atoms with Gasteiger partial charge >= 0.3 is 0 Å². The number of carbonyl (C=O) groups excluding carboxylic acids is 1. The Morgan fingerprint density at radius 1 is 1.36 bits per heavy atom. The molecule has 1 amide bonds. The molecule has 0 spiro atoms. The molecule has 0 aromatic carbocycles. The molecule has 2 heterocycles. The lowest BCUT2D eigenvalue weighted by molar-refractivity contribution is -0.120. The summed E-state index contributed by atoms with van der Waals surface area (Å²) in [6.45, 7) is 6.29. The minimum absolute atomic E-state index is 0.0779. The van der Waals surface area contributed by atoms with Crippen molar-refractivity contribution >= 4 is 27.3 Å². The standard InChI is InChI=1S/C14H22N2O4S2/c1-11(2)10-15-13(17)9-12-3-4-14(21-12)22(18,19)16-5-7-20-8-6-16/h3-4,11H,5-10H2,1-2H3,(H,15,17). The number of thiophene rings is 1. The van der Waals surface area contributed by atoms with Gasteiger partial charge in [0.15, 0.2) is 0 Å². The van der Waals surface area contributed by atoms with Crippen LogP contribution in [0, 0.1) is 5.92 Å². The molecule has 0 bridgehead atoms. The number of sulfonamides is 1. The summed E-state index contributed by atoms with van der Waals surface area (Å²) in [4.78, 5) is 12.6. The molecule has 0 saturated carbocycles. The van der Waals surface area contributed by atoms with Gasteiger partial charge in [-0.15, -0.1) is 11.3 Å². The summed E-state index contributed by atoms with van der Waals surface area (Å²) < 4.78 is 31.9. The van der Waals surface area contributed by atoms with Gasteiger partial charge in [-0.2, -0.15) is 4.31 Å². The zero-order chi connectivity index (χ0) is 16.2. The third-order valence-corrected chi connectivity index (χ3v) is 6.69. The van der Waals surface area contributed by atoms with Gasteiger partial charge in [0.25, 0.3) is 10.0 Å². The molecule has 6 nitrogen and oxygen atoms in total. The Morgan fingerprint density at radius 2 is 2.05 bits per heavy atom. The van der Waals surface area contributed by atoms with Crippen LogP contribution in [0.25, 0.3) is 0 Å². The Balaban J connectivity index is 1.99. The van der Waals surface area contributed by atoms with Crippen LogP contribution in [0.15, 0.2) is 16.3 Å². The average Bonchev–Trinajstić information content (AvgIpc) is 2.95. The topological polar surface area (TPSA) is 75.7 Å². The molecule has 0 unspecified atom stereocenters. The fraction of sp³-hybridized carbons (Fsp3) is 0.643. The number of nitrogens with zero attached hydrogens (tertiary/aromatic N) is 1. The number of hydrogen-bond donors (Lipinski definition) is 1. The van der Waals surface area contributed by atoms with E-state index in [2.05, 4.69) is 5.32 Å². The van der Waals surface area contributed by atoms with Crippen LogP contribution in [-0.2, 0) is 26.0 Å². The van der Waals surface area contributed by atoms with E-state index in [0.29, 0.717) is 43.0 Å². The van der Waals surface area contributed by atoms with Crippen molar-refractivity contribution in [1.82, 2.24) is 9.62 Å². The Labute approximate surface area is 135 Å². The summed E-state index contributed by atoms with van der Waals surface area (Å²) in [7, 11) is -3.46. The molecule has 0 atom stereocenters. The van der Waals surface area contributed by atoms with Crippen molar-refractivity contribution in [1.29, 1.82) is 0 Å². The summed E-state index contributed by atoms with van der Waals surface area (Å²) in [6.07, 6.45) is 0.218. The normalized spacial score (nSPS) is 16.9. The minimum Gasteiger partial charge on any atom is -0.379 e. The van der Waals surface area contributed by atoms with Crippen LogP contribution in [0.1, 0.15) is 18.7 Å². The molecule has 0 aliphatic carbocycles. The second kappa shape index (κ2) is 7.54. The first-order valence-corrected chi connectivity index (χ1v) is 9.58. The first kappa shape index (κ1) is 17.4. The van der Waals surface area contributed by atoms with E-state index >= 15 is 0 Å². The van der Waals surface area contributed by atoms with Crippen molar-refractivity contribution in [3.63, 3.8) is 0 Å². The first-order chi connectivity index (χ1) is 10.4. The van der Waals surface area contributed by atoms with Crippen LogP contribution >= 0.6 is 11.3 Å². The van der Waals surface area contributed by atoms with Crippen molar-refractivity contribution in [2.75, 3.05) is 32.8 Å².